The molecule has 3 aromatic rings. The molecule has 0 aliphatic heterocycles. The summed E-state index contributed by atoms with van der Waals surface area (Å²) in [6.07, 6.45) is 2.28. The van der Waals surface area contributed by atoms with Gasteiger partial charge in [-0.25, -0.2) is 4.79 Å². The standard InChI is InChI=1S/C29H29Cl2NO5S/c1-29(2,3)37-28(36)18-10-7-11-20(14-18)32(26(33)21-13-12-19(30)15-22(21)31)23-16-24(38-25(23)27(34)35)17-8-5-4-6-9-17/h4-6,8-9,12-13,15-16,18,20H,7,10-11,14H2,1-3H3,(H,34,35). The zero-order chi connectivity index (χ0) is 27.6. The lowest BCUT2D eigenvalue weighted by Crippen LogP contribution is -2.45. The van der Waals surface area contributed by atoms with Crippen molar-refractivity contribution in [1.29, 1.82) is 0 Å². The second-order valence-corrected chi connectivity index (χ2v) is 12.2. The Morgan fingerprint density at radius 2 is 1.74 bits per heavy atom. The first-order valence-corrected chi connectivity index (χ1v) is 14.0. The number of carboxylic acid groups (broad SMARTS) is 1. The Balaban J connectivity index is 1.80. The molecule has 2 atom stereocenters. The average molecular weight is 575 g/mol. The van der Waals surface area contributed by atoms with E-state index in [0.717, 1.165) is 21.8 Å². The van der Waals surface area contributed by atoms with E-state index in [1.165, 1.54) is 11.0 Å². The number of carboxylic acids is 1. The molecule has 0 bridgehead atoms. The zero-order valence-corrected chi connectivity index (χ0v) is 23.7. The Morgan fingerprint density at radius 3 is 2.37 bits per heavy atom. The first-order valence-electron chi connectivity index (χ1n) is 12.4. The summed E-state index contributed by atoms with van der Waals surface area (Å²) in [6.45, 7) is 5.46. The van der Waals surface area contributed by atoms with Crippen LogP contribution in [-0.4, -0.2) is 34.6 Å². The maximum Gasteiger partial charge on any atom is 0.348 e. The minimum atomic E-state index is -1.13. The Hall–Kier alpha value is -2.87. The lowest BCUT2D eigenvalue weighted by atomic mass is 9.84. The molecular formula is C29H29Cl2NO5S. The van der Waals surface area contributed by atoms with Gasteiger partial charge in [-0.15, -0.1) is 11.3 Å². The lowest BCUT2D eigenvalue weighted by Gasteiger charge is -2.37. The number of carbonyl (C=O) groups excluding carboxylic acids is 2. The minimum Gasteiger partial charge on any atom is -0.477 e. The predicted molar refractivity (Wildman–Crippen MR) is 152 cm³/mol. The minimum absolute atomic E-state index is 0.0432. The molecule has 1 aliphatic carbocycles. The fraction of sp³-hybridized carbons (Fsp3) is 0.345. The molecule has 38 heavy (non-hydrogen) atoms. The highest BCUT2D eigenvalue weighted by atomic mass is 35.5. The van der Waals surface area contributed by atoms with Gasteiger partial charge in [0.25, 0.3) is 5.91 Å². The first-order chi connectivity index (χ1) is 17.9. The number of halogens is 2. The van der Waals surface area contributed by atoms with Gasteiger partial charge in [-0.3, -0.25) is 9.59 Å². The molecule has 9 heteroatoms. The number of ether oxygens (including phenoxy) is 1. The summed E-state index contributed by atoms with van der Waals surface area (Å²) in [6, 6.07) is 15.3. The van der Waals surface area contributed by atoms with Gasteiger partial charge in [-0.2, -0.15) is 0 Å². The van der Waals surface area contributed by atoms with Crippen molar-refractivity contribution >= 4 is 58.1 Å². The number of amides is 1. The van der Waals surface area contributed by atoms with Crippen LogP contribution >= 0.6 is 34.5 Å². The number of benzene rings is 2. The van der Waals surface area contributed by atoms with Crippen molar-refractivity contribution in [2.45, 2.75) is 58.1 Å². The van der Waals surface area contributed by atoms with Gasteiger partial charge in [-0.1, -0.05) is 60.0 Å². The van der Waals surface area contributed by atoms with E-state index in [1.807, 2.05) is 51.1 Å². The second-order valence-electron chi connectivity index (χ2n) is 10.3. The molecule has 1 fully saturated rings. The van der Waals surface area contributed by atoms with Crippen molar-refractivity contribution in [3.05, 3.63) is 75.1 Å². The number of thiophene rings is 1. The van der Waals surface area contributed by atoms with E-state index in [9.17, 15) is 19.5 Å². The van der Waals surface area contributed by atoms with Crippen molar-refractivity contribution < 1.29 is 24.2 Å². The van der Waals surface area contributed by atoms with E-state index >= 15 is 0 Å². The number of nitrogens with zero attached hydrogens (tertiary/aromatic N) is 1. The van der Waals surface area contributed by atoms with Crippen LogP contribution in [0.2, 0.25) is 10.0 Å². The van der Waals surface area contributed by atoms with Crippen molar-refractivity contribution in [1.82, 2.24) is 0 Å². The van der Waals surface area contributed by atoms with Gasteiger partial charge < -0.3 is 14.7 Å². The fourth-order valence-electron chi connectivity index (χ4n) is 4.72. The van der Waals surface area contributed by atoms with Crippen molar-refractivity contribution in [3.8, 4) is 10.4 Å². The normalized spacial score (nSPS) is 17.6. The van der Waals surface area contributed by atoms with Gasteiger partial charge in [0.05, 0.1) is 22.2 Å². The molecular weight excluding hydrogens is 545 g/mol. The molecule has 1 N–H and O–H groups in total. The van der Waals surface area contributed by atoms with Crippen LogP contribution in [0, 0.1) is 5.92 Å². The first kappa shape index (κ1) is 28.1. The van der Waals surface area contributed by atoms with Gasteiger partial charge >= 0.3 is 11.9 Å². The summed E-state index contributed by atoms with van der Waals surface area (Å²) in [5, 5.41) is 10.7. The smallest absolute Gasteiger partial charge is 0.348 e. The highest BCUT2D eigenvalue weighted by molar-refractivity contribution is 7.18. The molecule has 0 radical (unpaired) electrons. The SMILES string of the molecule is CC(C)(C)OC(=O)C1CCCC(N(C(=O)c2ccc(Cl)cc2Cl)c2cc(-c3ccccc3)sc2C(=O)O)C1. The summed E-state index contributed by atoms with van der Waals surface area (Å²) in [5.41, 5.74) is 0.704. The van der Waals surface area contributed by atoms with Crippen LogP contribution in [0.15, 0.2) is 54.6 Å². The van der Waals surface area contributed by atoms with E-state index in [1.54, 1.807) is 18.2 Å². The summed E-state index contributed by atoms with van der Waals surface area (Å²) >= 11 is 13.6. The molecule has 0 saturated heterocycles. The van der Waals surface area contributed by atoms with E-state index < -0.39 is 29.4 Å². The third-order valence-electron chi connectivity index (χ3n) is 6.36. The fourth-order valence-corrected chi connectivity index (χ4v) is 6.20. The number of aromatic carboxylic acids is 1. The number of rotatable bonds is 6. The zero-order valence-electron chi connectivity index (χ0n) is 21.4. The van der Waals surface area contributed by atoms with Gasteiger partial charge in [0.2, 0.25) is 0 Å². The Kier molecular flexibility index (Phi) is 8.50. The molecule has 1 amide bonds. The predicted octanol–water partition coefficient (Wildman–Crippen LogP) is 7.97. The second kappa shape index (κ2) is 11.5. The highest BCUT2D eigenvalue weighted by Crippen LogP contribution is 2.41. The molecule has 6 nitrogen and oxygen atoms in total. The quantitative estimate of drug-likeness (QED) is 0.302. The van der Waals surface area contributed by atoms with E-state index in [2.05, 4.69) is 0 Å². The summed E-state index contributed by atoms with van der Waals surface area (Å²) in [7, 11) is 0. The Labute approximate surface area is 236 Å². The molecule has 1 saturated carbocycles. The van der Waals surface area contributed by atoms with Crippen LogP contribution in [-0.2, 0) is 9.53 Å². The summed E-state index contributed by atoms with van der Waals surface area (Å²) in [5.74, 6) is -2.30. The molecule has 1 aromatic heterocycles. The Bertz CT molecular complexity index is 1350. The number of anilines is 1. The third-order valence-corrected chi connectivity index (χ3v) is 8.07. The van der Waals surface area contributed by atoms with Crippen LogP contribution in [0.5, 0.6) is 0 Å². The number of esters is 1. The van der Waals surface area contributed by atoms with Crippen molar-refractivity contribution in [3.63, 3.8) is 0 Å². The molecule has 2 aromatic carbocycles. The van der Waals surface area contributed by atoms with Gasteiger partial charge in [0, 0.05) is 15.9 Å². The largest absolute Gasteiger partial charge is 0.477 e. The average Bonchev–Trinajstić information content (AvgIpc) is 3.29. The maximum atomic E-state index is 14.1. The van der Waals surface area contributed by atoms with Crippen LogP contribution < -0.4 is 4.90 Å². The molecule has 4 rings (SSSR count). The van der Waals surface area contributed by atoms with E-state index in [0.29, 0.717) is 30.7 Å². The topological polar surface area (TPSA) is 83.9 Å². The number of carbonyl (C=O) groups is 3. The maximum absolute atomic E-state index is 14.1. The molecule has 0 spiro atoms. The highest BCUT2D eigenvalue weighted by Gasteiger charge is 2.38. The van der Waals surface area contributed by atoms with Crippen LogP contribution in [0.4, 0.5) is 5.69 Å². The Morgan fingerprint density at radius 1 is 1.03 bits per heavy atom. The summed E-state index contributed by atoms with van der Waals surface area (Å²) < 4.78 is 5.64. The van der Waals surface area contributed by atoms with Crippen LogP contribution in [0.25, 0.3) is 10.4 Å². The lowest BCUT2D eigenvalue weighted by molar-refractivity contribution is -0.161. The molecule has 1 heterocycles. The van der Waals surface area contributed by atoms with Crippen LogP contribution in [0.1, 0.15) is 66.5 Å². The van der Waals surface area contributed by atoms with E-state index in [4.69, 9.17) is 27.9 Å². The number of hydrogen-bond donors (Lipinski definition) is 1. The molecule has 2 unspecified atom stereocenters. The van der Waals surface area contributed by atoms with Crippen LogP contribution in [0.3, 0.4) is 0 Å². The van der Waals surface area contributed by atoms with Gasteiger partial charge in [0.1, 0.15) is 10.5 Å². The van der Waals surface area contributed by atoms with Crippen molar-refractivity contribution in [2.24, 2.45) is 5.92 Å². The monoisotopic (exact) mass is 573 g/mol. The number of hydrogen-bond acceptors (Lipinski definition) is 5. The summed E-state index contributed by atoms with van der Waals surface area (Å²) in [4.78, 5) is 41.7. The van der Waals surface area contributed by atoms with Crippen molar-refractivity contribution in [2.75, 3.05) is 4.90 Å². The molecule has 200 valence electrons. The van der Waals surface area contributed by atoms with E-state index in [-0.39, 0.29) is 27.1 Å². The van der Waals surface area contributed by atoms with Gasteiger partial charge in [0.15, 0.2) is 0 Å². The third kappa shape index (κ3) is 6.40. The molecule has 1 aliphatic rings. The van der Waals surface area contributed by atoms with Gasteiger partial charge in [-0.05, 0) is 69.9 Å².